The van der Waals surface area contributed by atoms with E-state index in [1.165, 1.54) is 0 Å². The first-order valence-corrected chi connectivity index (χ1v) is 5.19. The molecule has 1 aromatic heterocycles. The van der Waals surface area contributed by atoms with Crippen molar-refractivity contribution in [2.75, 3.05) is 5.75 Å². The van der Waals surface area contributed by atoms with E-state index in [1.807, 2.05) is 5.38 Å². The summed E-state index contributed by atoms with van der Waals surface area (Å²) in [4.78, 5) is 4.09. The maximum Gasteiger partial charge on any atom is 0.149 e. The zero-order valence-corrected chi connectivity index (χ0v) is 8.21. The SMILES string of the molecule is CC(C)(O)CSc1nccs1. The van der Waals surface area contributed by atoms with Crippen molar-refractivity contribution in [3.05, 3.63) is 11.6 Å². The first-order valence-electron chi connectivity index (χ1n) is 3.32. The largest absolute Gasteiger partial charge is 0.390 e. The number of aliphatic hydroxyl groups is 1. The Hall–Kier alpha value is -0.0600. The second-order valence-corrected chi connectivity index (χ2v) is 5.02. The molecule has 0 saturated heterocycles. The molecule has 0 aliphatic rings. The predicted molar refractivity (Wildman–Crippen MR) is 49.1 cm³/mol. The summed E-state index contributed by atoms with van der Waals surface area (Å²) in [7, 11) is 0. The molecule has 62 valence electrons. The van der Waals surface area contributed by atoms with Crippen LogP contribution in [-0.4, -0.2) is 21.4 Å². The van der Waals surface area contributed by atoms with E-state index in [0.717, 1.165) is 4.34 Å². The Bertz CT molecular complexity index is 203. The summed E-state index contributed by atoms with van der Waals surface area (Å²) >= 11 is 3.20. The van der Waals surface area contributed by atoms with Crippen molar-refractivity contribution in [1.29, 1.82) is 0 Å². The minimum atomic E-state index is -0.601. The lowest BCUT2D eigenvalue weighted by Crippen LogP contribution is -2.21. The van der Waals surface area contributed by atoms with E-state index in [0.29, 0.717) is 5.75 Å². The van der Waals surface area contributed by atoms with E-state index in [9.17, 15) is 5.11 Å². The van der Waals surface area contributed by atoms with E-state index in [4.69, 9.17) is 0 Å². The summed E-state index contributed by atoms with van der Waals surface area (Å²) in [5, 5.41) is 11.3. The minimum absolute atomic E-state index is 0.601. The Labute approximate surface area is 74.7 Å². The van der Waals surface area contributed by atoms with Crippen LogP contribution in [0.5, 0.6) is 0 Å². The van der Waals surface area contributed by atoms with Gasteiger partial charge in [0, 0.05) is 17.3 Å². The molecule has 0 atom stereocenters. The van der Waals surface area contributed by atoms with Crippen molar-refractivity contribution in [2.24, 2.45) is 0 Å². The van der Waals surface area contributed by atoms with E-state index < -0.39 is 5.60 Å². The van der Waals surface area contributed by atoms with Crippen LogP contribution in [0.1, 0.15) is 13.8 Å². The number of hydrogen-bond acceptors (Lipinski definition) is 4. The lowest BCUT2D eigenvalue weighted by molar-refractivity contribution is 0.107. The molecule has 1 rings (SSSR count). The molecule has 0 spiro atoms. The molecule has 1 aromatic rings. The first-order chi connectivity index (χ1) is 5.08. The van der Waals surface area contributed by atoms with Gasteiger partial charge in [-0.15, -0.1) is 11.3 Å². The van der Waals surface area contributed by atoms with E-state index in [2.05, 4.69) is 4.98 Å². The van der Waals surface area contributed by atoms with Gasteiger partial charge in [0.25, 0.3) is 0 Å². The van der Waals surface area contributed by atoms with Crippen molar-refractivity contribution < 1.29 is 5.11 Å². The average molecular weight is 189 g/mol. The normalized spacial score (nSPS) is 11.9. The molecule has 1 N–H and O–H groups in total. The van der Waals surface area contributed by atoms with Crippen LogP contribution in [0.15, 0.2) is 15.9 Å². The van der Waals surface area contributed by atoms with Gasteiger partial charge in [0.1, 0.15) is 4.34 Å². The minimum Gasteiger partial charge on any atom is -0.390 e. The summed E-state index contributed by atoms with van der Waals surface area (Å²) in [6.07, 6.45) is 1.78. The number of nitrogens with zero attached hydrogens (tertiary/aromatic N) is 1. The van der Waals surface area contributed by atoms with Crippen molar-refractivity contribution in [3.63, 3.8) is 0 Å². The highest BCUT2D eigenvalue weighted by Gasteiger charge is 2.13. The van der Waals surface area contributed by atoms with Gasteiger partial charge in [-0.25, -0.2) is 4.98 Å². The molecule has 0 aromatic carbocycles. The Morgan fingerprint density at radius 3 is 2.91 bits per heavy atom. The van der Waals surface area contributed by atoms with Crippen LogP contribution in [-0.2, 0) is 0 Å². The highest BCUT2D eigenvalue weighted by atomic mass is 32.2. The van der Waals surface area contributed by atoms with Gasteiger partial charge < -0.3 is 5.11 Å². The van der Waals surface area contributed by atoms with Gasteiger partial charge in [-0.2, -0.15) is 0 Å². The second-order valence-electron chi connectivity index (χ2n) is 2.90. The van der Waals surface area contributed by atoms with E-state index in [1.54, 1.807) is 43.1 Å². The summed E-state index contributed by atoms with van der Waals surface area (Å²) in [5.41, 5.74) is -0.601. The Kier molecular flexibility index (Phi) is 2.92. The van der Waals surface area contributed by atoms with Crippen LogP contribution >= 0.6 is 23.1 Å². The van der Waals surface area contributed by atoms with E-state index >= 15 is 0 Å². The summed E-state index contributed by atoms with van der Waals surface area (Å²) < 4.78 is 1.02. The molecule has 4 heteroatoms. The Morgan fingerprint density at radius 1 is 1.73 bits per heavy atom. The van der Waals surface area contributed by atoms with Crippen LogP contribution in [0.25, 0.3) is 0 Å². The third kappa shape index (κ3) is 3.74. The van der Waals surface area contributed by atoms with E-state index in [-0.39, 0.29) is 0 Å². The molecular formula is C7H11NOS2. The van der Waals surface area contributed by atoms with Gasteiger partial charge in [0.15, 0.2) is 0 Å². The molecule has 0 aliphatic heterocycles. The van der Waals surface area contributed by atoms with Crippen LogP contribution < -0.4 is 0 Å². The van der Waals surface area contributed by atoms with Crippen LogP contribution in [0.3, 0.4) is 0 Å². The van der Waals surface area contributed by atoms with Crippen LogP contribution in [0.2, 0.25) is 0 Å². The number of thioether (sulfide) groups is 1. The quantitative estimate of drug-likeness (QED) is 0.738. The van der Waals surface area contributed by atoms with Gasteiger partial charge in [0.05, 0.1) is 5.60 Å². The predicted octanol–water partition coefficient (Wildman–Crippen LogP) is 2.01. The molecule has 0 bridgehead atoms. The molecular weight excluding hydrogens is 178 g/mol. The smallest absolute Gasteiger partial charge is 0.149 e. The van der Waals surface area contributed by atoms with Gasteiger partial charge in [0.2, 0.25) is 0 Å². The maximum absolute atomic E-state index is 9.37. The lowest BCUT2D eigenvalue weighted by atomic mass is 10.2. The molecule has 0 unspecified atom stereocenters. The first kappa shape index (κ1) is 9.03. The molecule has 1 heterocycles. The van der Waals surface area contributed by atoms with Crippen molar-refractivity contribution in [1.82, 2.24) is 4.98 Å². The zero-order chi connectivity index (χ0) is 8.32. The summed E-state index contributed by atoms with van der Waals surface area (Å²) in [5.74, 6) is 0.695. The second kappa shape index (κ2) is 3.56. The molecule has 2 nitrogen and oxygen atoms in total. The topological polar surface area (TPSA) is 33.1 Å². The van der Waals surface area contributed by atoms with Crippen LogP contribution in [0, 0.1) is 0 Å². The van der Waals surface area contributed by atoms with Crippen molar-refractivity contribution in [3.8, 4) is 0 Å². The Balaban J connectivity index is 2.35. The van der Waals surface area contributed by atoms with Gasteiger partial charge in [-0.3, -0.25) is 0 Å². The maximum atomic E-state index is 9.37. The Morgan fingerprint density at radius 2 is 2.45 bits per heavy atom. The number of thiazole rings is 1. The molecule has 11 heavy (non-hydrogen) atoms. The van der Waals surface area contributed by atoms with Crippen LogP contribution in [0.4, 0.5) is 0 Å². The average Bonchev–Trinajstić information content (AvgIpc) is 2.32. The molecule has 0 aliphatic carbocycles. The monoisotopic (exact) mass is 189 g/mol. The number of rotatable bonds is 3. The third-order valence-corrected chi connectivity index (χ3v) is 3.37. The van der Waals surface area contributed by atoms with Gasteiger partial charge in [-0.05, 0) is 13.8 Å². The fourth-order valence-corrected chi connectivity index (χ4v) is 2.11. The zero-order valence-electron chi connectivity index (χ0n) is 6.57. The molecule has 0 saturated carbocycles. The van der Waals surface area contributed by atoms with Crippen molar-refractivity contribution in [2.45, 2.75) is 23.8 Å². The summed E-state index contributed by atoms with van der Waals surface area (Å²) in [6.45, 7) is 3.60. The molecule has 0 radical (unpaired) electrons. The number of aromatic nitrogens is 1. The number of hydrogen-bond donors (Lipinski definition) is 1. The van der Waals surface area contributed by atoms with Gasteiger partial charge in [-0.1, -0.05) is 11.8 Å². The molecule has 0 amide bonds. The lowest BCUT2D eigenvalue weighted by Gasteiger charge is -2.14. The standard InChI is InChI=1S/C7H11NOS2/c1-7(2,9)5-11-6-8-3-4-10-6/h3-4,9H,5H2,1-2H3. The highest BCUT2D eigenvalue weighted by Crippen LogP contribution is 2.23. The third-order valence-electron chi connectivity index (χ3n) is 0.959. The molecule has 0 fully saturated rings. The fourth-order valence-electron chi connectivity index (χ4n) is 0.520. The highest BCUT2D eigenvalue weighted by molar-refractivity contribution is 8.01. The van der Waals surface area contributed by atoms with Crippen molar-refractivity contribution >= 4 is 23.1 Å². The summed E-state index contributed by atoms with van der Waals surface area (Å²) in [6, 6.07) is 0. The van der Waals surface area contributed by atoms with Gasteiger partial charge >= 0.3 is 0 Å². The fraction of sp³-hybridized carbons (Fsp3) is 0.571.